The fraction of sp³-hybridized carbons (Fsp3) is 1.00. The van der Waals surface area contributed by atoms with Gasteiger partial charge in [-0.05, 0) is 32.2 Å². The summed E-state index contributed by atoms with van der Waals surface area (Å²) in [7, 11) is 1.41. The molecule has 1 aliphatic rings. The molecule has 1 saturated carbocycles. The van der Waals surface area contributed by atoms with E-state index in [4.69, 9.17) is 0 Å². The van der Waals surface area contributed by atoms with Crippen molar-refractivity contribution in [2.75, 3.05) is 18.6 Å². The monoisotopic (exact) mass is 245 g/mol. The lowest BCUT2D eigenvalue weighted by atomic mass is 9.84. The molecule has 0 spiro atoms. The minimum absolute atomic E-state index is 0.484. The van der Waals surface area contributed by atoms with Gasteiger partial charge in [-0.25, -0.2) is 0 Å². The number of unbranched alkanes of at least 4 members (excludes halogenated alkanes) is 1. The van der Waals surface area contributed by atoms with Gasteiger partial charge in [0.2, 0.25) is 0 Å². The summed E-state index contributed by atoms with van der Waals surface area (Å²) in [5.41, 5.74) is 0. The fourth-order valence-corrected chi connectivity index (χ4v) is 4.20. The number of nitrogens with one attached hydrogen (secondary N) is 1. The summed E-state index contributed by atoms with van der Waals surface area (Å²) in [6.07, 6.45) is 9.04. The van der Waals surface area contributed by atoms with Crippen LogP contribution >= 0.6 is 0 Å². The first-order valence-corrected chi connectivity index (χ1v) is 8.29. The van der Waals surface area contributed by atoms with Gasteiger partial charge in [0.1, 0.15) is 0 Å². The van der Waals surface area contributed by atoms with E-state index in [2.05, 4.69) is 12.2 Å². The summed E-state index contributed by atoms with van der Waals surface area (Å²) >= 11 is 0. The highest BCUT2D eigenvalue weighted by Gasteiger charge is 2.23. The molecule has 0 heterocycles. The van der Waals surface area contributed by atoms with Gasteiger partial charge in [-0.2, -0.15) is 0 Å². The molecule has 0 aromatic carbocycles. The van der Waals surface area contributed by atoms with E-state index in [0.717, 1.165) is 30.3 Å². The Morgan fingerprint density at radius 3 is 2.56 bits per heavy atom. The van der Waals surface area contributed by atoms with Crippen LogP contribution in [0.15, 0.2) is 0 Å². The lowest BCUT2D eigenvalue weighted by Gasteiger charge is -2.29. The molecule has 0 amide bonds. The molecule has 0 aromatic heterocycles. The van der Waals surface area contributed by atoms with Crippen molar-refractivity contribution in [3.05, 3.63) is 0 Å². The van der Waals surface area contributed by atoms with Gasteiger partial charge in [-0.1, -0.05) is 32.6 Å². The molecule has 2 unspecified atom stereocenters. The highest BCUT2D eigenvalue weighted by atomic mass is 32.2. The Kier molecular flexibility index (Phi) is 7.30. The zero-order chi connectivity index (χ0) is 11.8. The first kappa shape index (κ1) is 14.2. The third-order valence-corrected chi connectivity index (χ3v) is 5.16. The van der Waals surface area contributed by atoms with Gasteiger partial charge in [0.25, 0.3) is 0 Å². The lowest BCUT2D eigenvalue weighted by molar-refractivity contribution is 0.294. The third kappa shape index (κ3) is 4.96. The highest BCUT2D eigenvalue weighted by Crippen LogP contribution is 2.26. The predicted molar refractivity (Wildman–Crippen MR) is 72.2 cm³/mol. The van der Waals surface area contributed by atoms with Crippen molar-refractivity contribution in [3.8, 4) is 0 Å². The number of rotatable bonds is 7. The molecule has 0 aromatic rings. The summed E-state index contributed by atoms with van der Waals surface area (Å²) in [5, 5.41) is 3.39. The molecule has 0 aliphatic heterocycles. The van der Waals surface area contributed by atoms with E-state index < -0.39 is 10.8 Å². The van der Waals surface area contributed by atoms with Gasteiger partial charge in [0, 0.05) is 28.3 Å². The molecule has 1 fully saturated rings. The average Bonchev–Trinajstić information content (AvgIpc) is 2.34. The Hall–Kier alpha value is 0.110. The summed E-state index contributed by atoms with van der Waals surface area (Å²) in [5.74, 6) is 2.52. The standard InChI is InChI=1S/C13H27NOS/c1-3-4-10-16(15)11-13(14-2)12-8-6-5-7-9-12/h12-14H,3-11H2,1-2H3. The molecule has 1 aliphatic carbocycles. The maximum atomic E-state index is 11.9. The zero-order valence-electron chi connectivity index (χ0n) is 10.8. The van der Waals surface area contributed by atoms with Crippen LogP contribution in [0.2, 0.25) is 0 Å². The third-order valence-electron chi connectivity index (χ3n) is 3.68. The van der Waals surface area contributed by atoms with Gasteiger partial charge in [0.05, 0.1) is 0 Å². The SMILES string of the molecule is CCCCS(=O)CC(NC)C1CCCCC1. The second kappa shape index (κ2) is 8.24. The zero-order valence-corrected chi connectivity index (χ0v) is 11.7. The van der Waals surface area contributed by atoms with E-state index in [1.165, 1.54) is 32.1 Å². The van der Waals surface area contributed by atoms with Gasteiger partial charge < -0.3 is 5.32 Å². The topological polar surface area (TPSA) is 29.1 Å². The highest BCUT2D eigenvalue weighted by molar-refractivity contribution is 7.85. The Morgan fingerprint density at radius 2 is 2.00 bits per heavy atom. The van der Waals surface area contributed by atoms with E-state index >= 15 is 0 Å². The van der Waals surface area contributed by atoms with Crippen LogP contribution in [0.1, 0.15) is 51.9 Å². The molecule has 1 N–H and O–H groups in total. The molecule has 2 nitrogen and oxygen atoms in total. The van der Waals surface area contributed by atoms with Crippen molar-refractivity contribution >= 4 is 10.8 Å². The smallest absolute Gasteiger partial charge is 0.0391 e. The van der Waals surface area contributed by atoms with Gasteiger partial charge in [-0.15, -0.1) is 0 Å². The van der Waals surface area contributed by atoms with E-state index in [1.807, 2.05) is 7.05 Å². The molecule has 0 radical (unpaired) electrons. The number of hydrogen-bond acceptors (Lipinski definition) is 2. The summed E-state index contributed by atoms with van der Waals surface area (Å²) < 4.78 is 11.9. The molecular formula is C13H27NOS. The largest absolute Gasteiger partial charge is 0.316 e. The van der Waals surface area contributed by atoms with Crippen LogP contribution in [0.3, 0.4) is 0 Å². The van der Waals surface area contributed by atoms with Crippen LogP contribution in [0.4, 0.5) is 0 Å². The summed E-state index contributed by atoms with van der Waals surface area (Å²) in [4.78, 5) is 0. The Labute approximate surface area is 103 Å². The minimum Gasteiger partial charge on any atom is -0.316 e. The van der Waals surface area contributed by atoms with Crippen molar-refractivity contribution in [2.24, 2.45) is 5.92 Å². The van der Waals surface area contributed by atoms with E-state index in [9.17, 15) is 4.21 Å². The van der Waals surface area contributed by atoms with Crippen LogP contribution in [0.5, 0.6) is 0 Å². The Bertz CT molecular complexity index is 202. The van der Waals surface area contributed by atoms with Crippen molar-refractivity contribution in [2.45, 2.75) is 57.9 Å². The molecule has 3 heteroatoms. The first-order chi connectivity index (χ1) is 7.77. The molecule has 0 bridgehead atoms. The summed E-state index contributed by atoms with van der Waals surface area (Å²) in [6, 6.07) is 0.484. The average molecular weight is 245 g/mol. The van der Waals surface area contributed by atoms with Crippen LogP contribution in [-0.2, 0) is 10.8 Å². The molecule has 96 valence electrons. The quantitative estimate of drug-likeness (QED) is 0.747. The second-order valence-corrected chi connectivity index (χ2v) is 6.58. The Morgan fingerprint density at radius 1 is 1.31 bits per heavy atom. The minimum atomic E-state index is -0.614. The van der Waals surface area contributed by atoms with Crippen LogP contribution in [0, 0.1) is 5.92 Å². The molecular weight excluding hydrogens is 218 g/mol. The fourth-order valence-electron chi connectivity index (χ4n) is 2.58. The van der Waals surface area contributed by atoms with Gasteiger partial charge >= 0.3 is 0 Å². The van der Waals surface area contributed by atoms with Crippen LogP contribution < -0.4 is 5.32 Å². The molecule has 0 saturated heterocycles. The van der Waals surface area contributed by atoms with Gasteiger partial charge in [0.15, 0.2) is 0 Å². The van der Waals surface area contributed by atoms with E-state index in [1.54, 1.807) is 0 Å². The summed E-state index contributed by atoms with van der Waals surface area (Å²) in [6.45, 7) is 2.16. The van der Waals surface area contributed by atoms with Crippen molar-refractivity contribution in [1.82, 2.24) is 5.32 Å². The predicted octanol–water partition coefficient (Wildman–Crippen LogP) is 2.70. The van der Waals surface area contributed by atoms with Crippen molar-refractivity contribution < 1.29 is 4.21 Å². The maximum absolute atomic E-state index is 11.9. The Balaban J connectivity index is 2.32. The number of hydrogen-bond donors (Lipinski definition) is 1. The first-order valence-electron chi connectivity index (χ1n) is 6.80. The molecule has 2 atom stereocenters. The van der Waals surface area contributed by atoms with Crippen LogP contribution in [-0.4, -0.2) is 28.8 Å². The maximum Gasteiger partial charge on any atom is 0.0391 e. The van der Waals surface area contributed by atoms with Crippen LogP contribution in [0.25, 0.3) is 0 Å². The molecule has 16 heavy (non-hydrogen) atoms. The van der Waals surface area contributed by atoms with E-state index in [-0.39, 0.29) is 0 Å². The van der Waals surface area contributed by atoms with Crippen molar-refractivity contribution in [3.63, 3.8) is 0 Å². The van der Waals surface area contributed by atoms with E-state index in [0.29, 0.717) is 6.04 Å². The van der Waals surface area contributed by atoms with Gasteiger partial charge in [-0.3, -0.25) is 4.21 Å². The normalized spacial score (nSPS) is 21.9. The second-order valence-electron chi connectivity index (χ2n) is 4.96. The van der Waals surface area contributed by atoms with Crippen molar-refractivity contribution in [1.29, 1.82) is 0 Å². The lowest BCUT2D eigenvalue weighted by Crippen LogP contribution is -2.39. The molecule has 1 rings (SSSR count).